The smallest absolute Gasteiger partial charge is 0.383 e. The van der Waals surface area contributed by atoms with Crippen LogP contribution >= 0.6 is 0 Å². The van der Waals surface area contributed by atoms with E-state index in [0.717, 1.165) is 36.6 Å². The van der Waals surface area contributed by atoms with Gasteiger partial charge in [-0.1, -0.05) is 43.7 Å². The van der Waals surface area contributed by atoms with Crippen LogP contribution in [-0.2, 0) is 10.8 Å². The largest absolute Gasteiger partial charge is 0.494 e. The molecule has 0 spiro atoms. The molecule has 43 heavy (non-hydrogen) atoms. The van der Waals surface area contributed by atoms with Crippen LogP contribution < -0.4 is 4.74 Å². The molecule has 226 valence electrons. The van der Waals surface area contributed by atoms with Crippen LogP contribution in [-0.4, -0.2) is 12.7 Å². The van der Waals surface area contributed by atoms with Crippen molar-refractivity contribution in [2.24, 2.45) is 0 Å². The van der Waals surface area contributed by atoms with Crippen molar-refractivity contribution in [1.82, 2.24) is 0 Å². The lowest BCUT2D eigenvalue weighted by Gasteiger charge is -2.31. The van der Waals surface area contributed by atoms with Gasteiger partial charge in [-0.3, -0.25) is 0 Å². The van der Waals surface area contributed by atoms with Crippen molar-refractivity contribution in [3.05, 3.63) is 113 Å². The number of rotatable bonds is 10. The summed E-state index contributed by atoms with van der Waals surface area (Å²) in [5.41, 5.74) is 1.23. The Morgan fingerprint density at radius 2 is 1.28 bits per heavy atom. The third kappa shape index (κ3) is 7.24. The maximum Gasteiger partial charge on any atom is 0.383 e. The molecule has 0 heterocycles. The molecule has 1 saturated carbocycles. The second kappa shape index (κ2) is 13.2. The molecule has 4 aromatic carbocycles. The molecule has 0 aromatic heterocycles. The Labute approximate surface area is 247 Å². The average molecular weight is 599 g/mol. The van der Waals surface area contributed by atoms with Crippen molar-refractivity contribution in [1.29, 1.82) is 0 Å². The van der Waals surface area contributed by atoms with E-state index in [-0.39, 0.29) is 28.2 Å². The Morgan fingerprint density at radius 3 is 1.88 bits per heavy atom. The van der Waals surface area contributed by atoms with Crippen LogP contribution in [0.25, 0.3) is 22.3 Å². The molecule has 0 aliphatic heterocycles. The van der Waals surface area contributed by atoms with E-state index in [1.807, 2.05) is 6.92 Å². The fourth-order valence-electron chi connectivity index (χ4n) is 5.47. The van der Waals surface area contributed by atoms with Gasteiger partial charge in [0, 0.05) is 11.1 Å². The molecule has 4 aromatic rings. The summed E-state index contributed by atoms with van der Waals surface area (Å²) in [6, 6.07) is 17.6. The van der Waals surface area contributed by atoms with Gasteiger partial charge in [-0.25, -0.2) is 17.6 Å². The maximum atomic E-state index is 15.2. The monoisotopic (exact) mass is 598 g/mol. The summed E-state index contributed by atoms with van der Waals surface area (Å²) in [6.45, 7) is 2.58. The van der Waals surface area contributed by atoms with E-state index in [4.69, 9.17) is 9.47 Å². The summed E-state index contributed by atoms with van der Waals surface area (Å²) < 4.78 is 97.5. The Morgan fingerprint density at radius 1 is 0.674 bits per heavy atom. The Bertz CT molecular complexity index is 1540. The molecule has 0 unspecified atom stereocenters. The SMILES string of the molecule is CCCCOc1ccc(C(F)(F)OC2CCC(c3ccc(-c4ccc(-c5ccc(F)c(F)c5)c(F)c4)c(F)c3)CC2)cc1. The van der Waals surface area contributed by atoms with E-state index in [1.54, 1.807) is 12.1 Å². The first-order valence-corrected chi connectivity index (χ1v) is 14.5. The van der Waals surface area contributed by atoms with Crippen LogP contribution in [0.4, 0.5) is 26.3 Å². The molecule has 0 saturated heterocycles. The van der Waals surface area contributed by atoms with E-state index in [1.165, 1.54) is 48.5 Å². The van der Waals surface area contributed by atoms with E-state index >= 15 is 4.39 Å². The lowest BCUT2D eigenvalue weighted by Crippen LogP contribution is -2.29. The number of benzene rings is 4. The molecule has 0 N–H and O–H groups in total. The van der Waals surface area contributed by atoms with Crippen molar-refractivity contribution in [2.75, 3.05) is 6.61 Å². The highest BCUT2D eigenvalue weighted by molar-refractivity contribution is 5.71. The molecule has 1 aliphatic carbocycles. The van der Waals surface area contributed by atoms with Gasteiger partial charge in [-0.2, -0.15) is 8.78 Å². The van der Waals surface area contributed by atoms with Gasteiger partial charge < -0.3 is 9.47 Å². The van der Waals surface area contributed by atoms with Crippen LogP contribution in [0.1, 0.15) is 62.5 Å². The van der Waals surface area contributed by atoms with Gasteiger partial charge in [0.25, 0.3) is 0 Å². The summed E-state index contributed by atoms with van der Waals surface area (Å²) in [4.78, 5) is 0. The fraction of sp³-hybridized carbons (Fsp3) is 0.314. The van der Waals surface area contributed by atoms with Crippen molar-refractivity contribution >= 4 is 0 Å². The van der Waals surface area contributed by atoms with Gasteiger partial charge >= 0.3 is 6.11 Å². The highest BCUT2D eigenvalue weighted by Gasteiger charge is 2.37. The fourth-order valence-corrected chi connectivity index (χ4v) is 5.47. The number of alkyl halides is 2. The molecule has 0 atom stereocenters. The zero-order valence-electron chi connectivity index (χ0n) is 23.7. The lowest BCUT2D eigenvalue weighted by molar-refractivity contribution is -0.277. The molecule has 2 nitrogen and oxygen atoms in total. The van der Waals surface area contributed by atoms with Crippen LogP contribution in [0.15, 0.2) is 78.9 Å². The van der Waals surface area contributed by atoms with Crippen LogP contribution in [0.3, 0.4) is 0 Å². The molecule has 0 radical (unpaired) electrons. The third-order valence-corrected chi connectivity index (χ3v) is 7.92. The van der Waals surface area contributed by atoms with Crippen LogP contribution in [0.5, 0.6) is 5.75 Å². The first-order valence-electron chi connectivity index (χ1n) is 14.5. The van der Waals surface area contributed by atoms with E-state index < -0.39 is 35.5 Å². The topological polar surface area (TPSA) is 18.5 Å². The number of unbranched alkanes of at least 4 members (excludes halogenated alkanes) is 1. The minimum Gasteiger partial charge on any atom is -0.494 e. The molecule has 8 heteroatoms. The summed E-state index contributed by atoms with van der Waals surface area (Å²) in [7, 11) is 0. The van der Waals surface area contributed by atoms with Crippen molar-refractivity contribution < 1.29 is 35.8 Å². The molecule has 0 bridgehead atoms. The Balaban J connectivity index is 1.19. The van der Waals surface area contributed by atoms with Crippen LogP contribution in [0, 0.1) is 23.3 Å². The van der Waals surface area contributed by atoms with E-state index in [0.29, 0.717) is 43.6 Å². The molecular formula is C35H32F6O2. The number of ether oxygens (including phenoxy) is 2. The van der Waals surface area contributed by atoms with Gasteiger partial charge in [0.1, 0.15) is 17.4 Å². The molecule has 0 amide bonds. The van der Waals surface area contributed by atoms with Crippen LogP contribution in [0.2, 0.25) is 0 Å². The van der Waals surface area contributed by atoms with Crippen molar-refractivity contribution in [3.8, 4) is 28.0 Å². The minimum absolute atomic E-state index is 0.0240. The summed E-state index contributed by atoms with van der Waals surface area (Å²) >= 11 is 0. The average Bonchev–Trinajstić information content (AvgIpc) is 2.99. The third-order valence-electron chi connectivity index (χ3n) is 7.92. The quantitative estimate of drug-likeness (QED) is 0.134. The summed E-state index contributed by atoms with van der Waals surface area (Å²) in [6.07, 6.45) is -0.290. The summed E-state index contributed by atoms with van der Waals surface area (Å²) in [5.74, 6) is -2.84. The van der Waals surface area contributed by atoms with Crippen molar-refractivity contribution in [3.63, 3.8) is 0 Å². The zero-order chi connectivity index (χ0) is 30.6. The van der Waals surface area contributed by atoms with Gasteiger partial charge in [0.2, 0.25) is 0 Å². The first-order chi connectivity index (χ1) is 20.6. The molecule has 1 fully saturated rings. The number of hydrogen-bond acceptors (Lipinski definition) is 2. The normalized spacial score (nSPS) is 17.2. The predicted octanol–water partition coefficient (Wildman–Crippen LogP) is 10.5. The van der Waals surface area contributed by atoms with Gasteiger partial charge in [0.15, 0.2) is 11.6 Å². The van der Waals surface area contributed by atoms with Gasteiger partial charge in [-0.15, -0.1) is 0 Å². The zero-order valence-corrected chi connectivity index (χ0v) is 23.7. The van der Waals surface area contributed by atoms with Gasteiger partial charge in [0.05, 0.1) is 18.3 Å². The lowest BCUT2D eigenvalue weighted by atomic mass is 9.82. The van der Waals surface area contributed by atoms with E-state index in [9.17, 15) is 22.0 Å². The Hall–Kier alpha value is -3.78. The molecule has 1 aliphatic rings. The standard InChI is InChI=1S/C35H32F6O2/c1-2-3-18-42-27-13-9-26(10-14-27)35(40,41)43-28-11-4-22(5-12-28)23-6-15-29(32(37)19-23)24-7-16-30(33(38)20-24)25-8-17-31(36)34(39)21-25/h6-10,13-17,19-22,28H,2-5,11-12,18H2,1H3. The maximum absolute atomic E-state index is 15.2. The minimum atomic E-state index is -3.44. The summed E-state index contributed by atoms with van der Waals surface area (Å²) in [5, 5.41) is 0. The molecule has 5 rings (SSSR count). The number of halogens is 6. The van der Waals surface area contributed by atoms with Gasteiger partial charge in [-0.05, 0) is 103 Å². The second-order valence-corrected chi connectivity index (χ2v) is 10.9. The highest BCUT2D eigenvalue weighted by Crippen LogP contribution is 2.40. The number of hydrogen-bond donors (Lipinski definition) is 0. The first kappa shape index (κ1) is 30.7. The van der Waals surface area contributed by atoms with Crippen molar-refractivity contribution in [2.45, 2.75) is 63.6 Å². The second-order valence-electron chi connectivity index (χ2n) is 10.9. The highest BCUT2D eigenvalue weighted by atomic mass is 19.3. The predicted molar refractivity (Wildman–Crippen MR) is 154 cm³/mol. The molecular weight excluding hydrogens is 566 g/mol. The Kier molecular flexibility index (Phi) is 9.45. The van der Waals surface area contributed by atoms with E-state index in [2.05, 4.69) is 0 Å².